The van der Waals surface area contributed by atoms with Gasteiger partial charge in [-0.2, -0.15) is 15.0 Å². The number of rotatable bonds is 5. The Morgan fingerprint density at radius 3 is 2.89 bits per heavy atom. The maximum atomic E-state index is 5.78. The van der Waals surface area contributed by atoms with Crippen molar-refractivity contribution in [3.05, 3.63) is 23.3 Å². The zero-order chi connectivity index (χ0) is 13.0. The van der Waals surface area contributed by atoms with Gasteiger partial charge in [0.05, 0.1) is 12.6 Å². The molecule has 0 fully saturated rings. The Bertz CT molecular complexity index is 503. The predicted molar refractivity (Wildman–Crippen MR) is 64.4 cm³/mol. The lowest BCUT2D eigenvalue weighted by Crippen LogP contribution is -2.11. The lowest BCUT2D eigenvalue weighted by Gasteiger charge is -2.09. The number of nitrogens with one attached hydrogen (secondary N) is 1. The second-order valence-corrected chi connectivity index (χ2v) is 4.06. The molecule has 0 unspecified atom stereocenters. The lowest BCUT2D eigenvalue weighted by atomic mass is 10.4. The molecule has 2 aromatic heterocycles. The van der Waals surface area contributed by atoms with Gasteiger partial charge in [-0.15, -0.1) is 0 Å². The van der Waals surface area contributed by atoms with Gasteiger partial charge in [-0.05, 0) is 25.4 Å². The van der Waals surface area contributed by atoms with Crippen LogP contribution >= 0.6 is 11.6 Å². The van der Waals surface area contributed by atoms with Gasteiger partial charge in [-0.25, -0.2) is 0 Å². The number of aromatic nitrogens is 4. The molecule has 0 radical (unpaired) electrons. The van der Waals surface area contributed by atoms with Crippen LogP contribution in [0.4, 0.5) is 5.95 Å². The van der Waals surface area contributed by atoms with Gasteiger partial charge in [0.15, 0.2) is 0 Å². The zero-order valence-electron chi connectivity index (χ0n) is 9.92. The quantitative estimate of drug-likeness (QED) is 0.887. The third-order valence-corrected chi connectivity index (χ3v) is 2.02. The van der Waals surface area contributed by atoms with E-state index in [0.29, 0.717) is 12.5 Å². The predicted octanol–water partition coefficient (Wildman–Crippen LogP) is 1.91. The molecule has 0 aliphatic heterocycles. The molecule has 0 aliphatic carbocycles. The Morgan fingerprint density at radius 1 is 1.39 bits per heavy atom. The van der Waals surface area contributed by atoms with Gasteiger partial charge in [-0.3, -0.25) is 0 Å². The van der Waals surface area contributed by atoms with Gasteiger partial charge in [0, 0.05) is 6.07 Å². The largest absolute Gasteiger partial charge is 0.461 e. The first-order valence-corrected chi connectivity index (χ1v) is 5.72. The molecule has 0 aliphatic rings. The normalized spacial score (nSPS) is 10.7. The van der Waals surface area contributed by atoms with Crippen molar-refractivity contribution in [2.45, 2.75) is 26.5 Å². The first kappa shape index (κ1) is 12.6. The third-order valence-electron chi connectivity index (χ3n) is 1.85. The van der Waals surface area contributed by atoms with E-state index in [1.54, 1.807) is 6.07 Å². The summed E-state index contributed by atoms with van der Waals surface area (Å²) in [6.45, 7) is 4.18. The molecule has 96 valence electrons. The molecule has 0 saturated heterocycles. The SMILES string of the molecule is CC(C)Oc1nc(Cl)nc(NCc2ccon2)n1. The molecule has 2 aromatic rings. The minimum atomic E-state index is -0.0353. The first-order chi connectivity index (χ1) is 8.63. The van der Waals surface area contributed by atoms with E-state index < -0.39 is 0 Å². The average Bonchev–Trinajstić information content (AvgIpc) is 2.77. The van der Waals surface area contributed by atoms with Crippen molar-refractivity contribution in [1.29, 1.82) is 0 Å². The van der Waals surface area contributed by atoms with Gasteiger partial charge in [0.2, 0.25) is 11.2 Å². The zero-order valence-corrected chi connectivity index (χ0v) is 10.7. The van der Waals surface area contributed by atoms with Crippen LogP contribution in [0.1, 0.15) is 19.5 Å². The van der Waals surface area contributed by atoms with Crippen LogP contribution in [0.5, 0.6) is 6.01 Å². The molecular weight excluding hydrogens is 258 g/mol. The third kappa shape index (κ3) is 3.56. The summed E-state index contributed by atoms with van der Waals surface area (Å²) in [6, 6.07) is 1.93. The number of anilines is 1. The Hall–Kier alpha value is -1.89. The van der Waals surface area contributed by atoms with Crippen LogP contribution in [0, 0.1) is 0 Å². The van der Waals surface area contributed by atoms with E-state index in [2.05, 4.69) is 25.4 Å². The fourth-order valence-electron chi connectivity index (χ4n) is 1.17. The molecule has 0 atom stereocenters. The highest BCUT2D eigenvalue weighted by atomic mass is 35.5. The Balaban J connectivity index is 2.05. The Labute approximate surface area is 109 Å². The standard InChI is InChI=1S/C10H12ClN5O2/c1-6(2)18-10-14-8(11)13-9(15-10)12-5-7-3-4-17-16-7/h3-4,6H,5H2,1-2H3,(H,12,13,14,15). The minimum Gasteiger partial charge on any atom is -0.461 e. The summed E-state index contributed by atoms with van der Waals surface area (Å²) >= 11 is 5.78. The van der Waals surface area contributed by atoms with Crippen molar-refractivity contribution < 1.29 is 9.26 Å². The highest BCUT2D eigenvalue weighted by molar-refractivity contribution is 6.28. The minimum absolute atomic E-state index is 0.0353. The topological polar surface area (TPSA) is 86.0 Å². The fraction of sp³-hybridized carbons (Fsp3) is 0.400. The maximum absolute atomic E-state index is 5.78. The highest BCUT2D eigenvalue weighted by Crippen LogP contribution is 2.13. The smallest absolute Gasteiger partial charge is 0.322 e. The summed E-state index contributed by atoms with van der Waals surface area (Å²) in [6.07, 6.45) is 1.46. The number of hydrogen-bond acceptors (Lipinski definition) is 7. The highest BCUT2D eigenvalue weighted by Gasteiger charge is 2.08. The van der Waals surface area contributed by atoms with Crippen LogP contribution in [-0.2, 0) is 6.54 Å². The molecule has 7 nitrogen and oxygen atoms in total. The van der Waals surface area contributed by atoms with Gasteiger partial charge < -0.3 is 14.6 Å². The van der Waals surface area contributed by atoms with Gasteiger partial charge >= 0.3 is 6.01 Å². The van der Waals surface area contributed by atoms with Gasteiger partial charge in [0.25, 0.3) is 0 Å². The van der Waals surface area contributed by atoms with Crippen molar-refractivity contribution in [3.8, 4) is 6.01 Å². The van der Waals surface area contributed by atoms with Crippen molar-refractivity contribution in [2.24, 2.45) is 0 Å². The number of hydrogen-bond donors (Lipinski definition) is 1. The second kappa shape index (κ2) is 5.63. The average molecular weight is 270 g/mol. The summed E-state index contributed by atoms with van der Waals surface area (Å²) in [5, 5.41) is 6.78. The summed E-state index contributed by atoms with van der Waals surface area (Å²) in [7, 11) is 0. The van der Waals surface area contributed by atoms with Crippen LogP contribution in [-0.4, -0.2) is 26.2 Å². The number of ether oxygens (including phenoxy) is 1. The molecule has 2 heterocycles. The van der Waals surface area contributed by atoms with E-state index in [-0.39, 0.29) is 17.4 Å². The molecular formula is C10H12ClN5O2. The maximum Gasteiger partial charge on any atom is 0.322 e. The molecule has 1 N–H and O–H groups in total. The summed E-state index contributed by atoms with van der Waals surface area (Å²) < 4.78 is 10.1. The lowest BCUT2D eigenvalue weighted by molar-refractivity contribution is 0.222. The van der Waals surface area contributed by atoms with E-state index in [9.17, 15) is 0 Å². The van der Waals surface area contributed by atoms with Crippen molar-refractivity contribution in [1.82, 2.24) is 20.1 Å². The molecule has 0 bridgehead atoms. The van der Waals surface area contributed by atoms with E-state index in [0.717, 1.165) is 5.69 Å². The van der Waals surface area contributed by atoms with Crippen LogP contribution in [0.3, 0.4) is 0 Å². The van der Waals surface area contributed by atoms with Gasteiger partial charge in [0.1, 0.15) is 12.0 Å². The number of halogens is 1. The summed E-state index contributed by atoms with van der Waals surface area (Å²) in [5.41, 5.74) is 0.734. The molecule has 18 heavy (non-hydrogen) atoms. The van der Waals surface area contributed by atoms with Gasteiger partial charge in [-0.1, -0.05) is 5.16 Å². The molecule has 0 saturated carbocycles. The Kier molecular flexibility index (Phi) is 3.93. The molecule has 0 aromatic carbocycles. The summed E-state index contributed by atoms with van der Waals surface area (Å²) in [5.74, 6) is 0.327. The molecule has 0 spiro atoms. The van der Waals surface area contributed by atoms with E-state index >= 15 is 0 Å². The van der Waals surface area contributed by atoms with Crippen molar-refractivity contribution in [3.63, 3.8) is 0 Å². The molecule has 0 amide bonds. The van der Waals surface area contributed by atoms with Crippen LogP contribution in [0.25, 0.3) is 0 Å². The second-order valence-electron chi connectivity index (χ2n) is 3.72. The summed E-state index contributed by atoms with van der Waals surface area (Å²) in [4.78, 5) is 11.9. The number of nitrogens with zero attached hydrogens (tertiary/aromatic N) is 4. The van der Waals surface area contributed by atoms with Crippen LogP contribution in [0.15, 0.2) is 16.9 Å². The monoisotopic (exact) mass is 269 g/mol. The first-order valence-electron chi connectivity index (χ1n) is 5.35. The Morgan fingerprint density at radius 2 is 2.22 bits per heavy atom. The van der Waals surface area contributed by atoms with E-state index in [1.165, 1.54) is 6.26 Å². The van der Waals surface area contributed by atoms with Crippen molar-refractivity contribution in [2.75, 3.05) is 5.32 Å². The molecule has 2 rings (SSSR count). The fourth-order valence-corrected chi connectivity index (χ4v) is 1.33. The molecule has 8 heteroatoms. The van der Waals surface area contributed by atoms with E-state index in [4.69, 9.17) is 20.9 Å². The van der Waals surface area contributed by atoms with Crippen LogP contribution in [0.2, 0.25) is 5.28 Å². The van der Waals surface area contributed by atoms with Crippen LogP contribution < -0.4 is 10.1 Å². The van der Waals surface area contributed by atoms with E-state index in [1.807, 2.05) is 13.8 Å². The van der Waals surface area contributed by atoms with Crippen molar-refractivity contribution >= 4 is 17.5 Å².